The van der Waals surface area contributed by atoms with E-state index >= 15 is 0 Å². The average Bonchev–Trinajstić information content (AvgIpc) is 2.62. The van der Waals surface area contributed by atoms with E-state index in [4.69, 9.17) is 5.11 Å². The van der Waals surface area contributed by atoms with Crippen LogP contribution < -0.4 is 5.32 Å². The van der Waals surface area contributed by atoms with Gasteiger partial charge < -0.3 is 15.5 Å². The molecule has 132 valence electrons. The lowest BCUT2D eigenvalue weighted by atomic mass is 10.0. The van der Waals surface area contributed by atoms with Crippen LogP contribution in [0, 0.1) is 0 Å². The highest BCUT2D eigenvalue weighted by atomic mass is 16.4. The van der Waals surface area contributed by atoms with Crippen LogP contribution in [0.3, 0.4) is 0 Å². The molecule has 0 unspecified atom stereocenters. The van der Waals surface area contributed by atoms with E-state index in [0.29, 0.717) is 18.5 Å². The molecule has 5 nitrogen and oxygen atoms in total. The van der Waals surface area contributed by atoms with Crippen LogP contribution in [0.5, 0.6) is 5.75 Å². The molecular weight excluding hydrogens is 330 g/mol. The third-order valence-corrected chi connectivity index (χ3v) is 4.21. The van der Waals surface area contributed by atoms with Gasteiger partial charge in [-0.15, -0.1) is 0 Å². The Labute approximate surface area is 150 Å². The molecule has 0 saturated carbocycles. The Morgan fingerprint density at radius 2 is 1.58 bits per heavy atom. The number of anilines is 1. The molecule has 3 aromatic rings. The van der Waals surface area contributed by atoms with E-state index in [9.17, 15) is 14.7 Å². The molecule has 0 bridgehead atoms. The highest BCUT2D eigenvalue weighted by Gasteiger charge is 2.14. The smallest absolute Gasteiger partial charge is 0.303 e. The zero-order valence-corrected chi connectivity index (χ0v) is 14.1. The van der Waals surface area contributed by atoms with E-state index in [2.05, 4.69) is 5.32 Å². The van der Waals surface area contributed by atoms with Gasteiger partial charge in [-0.3, -0.25) is 9.59 Å². The molecule has 3 aromatic carbocycles. The fourth-order valence-corrected chi connectivity index (χ4v) is 2.89. The van der Waals surface area contributed by atoms with Crippen LogP contribution in [0.1, 0.15) is 28.8 Å². The summed E-state index contributed by atoms with van der Waals surface area (Å²) in [7, 11) is 0. The summed E-state index contributed by atoms with van der Waals surface area (Å²) in [5, 5.41) is 23.5. The molecule has 0 aliphatic heterocycles. The van der Waals surface area contributed by atoms with Gasteiger partial charge in [0.25, 0.3) is 5.91 Å². The first-order valence-corrected chi connectivity index (χ1v) is 8.37. The second-order valence-electron chi connectivity index (χ2n) is 6.08. The lowest BCUT2D eigenvalue weighted by Gasteiger charge is -2.12. The van der Waals surface area contributed by atoms with Crippen molar-refractivity contribution in [3.8, 4) is 5.75 Å². The Morgan fingerprint density at radius 3 is 2.31 bits per heavy atom. The zero-order chi connectivity index (χ0) is 18.5. The predicted octanol–water partition coefficient (Wildman–Crippen LogP) is 4.21. The summed E-state index contributed by atoms with van der Waals surface area (Å²) >= 11 is 0. The number of aliphatic carboxylic acids is 1. The van der Waals surface area contributed by atoms with Crippen LogP contribution in [-0.4, -0.2) is 22.1 Å². The summed E-state index contributed by atoms with van der Waals surface area (Å²) in [6.07, 6.45) is 1.11. The van der Waals surface area contributed by atoms with Crippen LogP contribution in [0.4, 0.5) is 5.69 Å². The summed E-state index contributed by atoms with van der Waals surface area (Å²) < 4.78 is 0. The van der Waals surface area contributed by atoms with Gasteiger partial charge in [0.15, 0.2) is 0 Å². The molecular formula is C21H19NO4. The maximum atomic E-state index is 12.6. The molecule has 26 heavy (non-hydrogen) atoms. The lowest BCUT2D eigenvalue weighted by molar-refractivity contribution is -0.137. The number of hydrogen-bond acceptors (Lipinski definition) is 3. The fraction of sp³-hybridized carbons (Fsp3) is 0.143. The van der Waals surface area contributed by atoms with Crippen LogP contribution in [0.15, 0.2) is 60.7 Å². The number of nitrogens with one attached hydrogen (secondary N) is 1. The standard InChI is InChI=1S/C21H19NO4/c23-19-13-16-8-2-1-7-15(16)12-17(19)21(26)22-18-10-4-3-6-14(18)9-5-11-20(24)25/h1-4,6-8,10,12-13,23H,5,9,11H2,(H,22,26)(H,24,25). The quantitative estimate of drug-likeness (QED) is 0.622. The van der Waals surface area contributed by atoms with Gasteiger partial charge in [-0.05, 0) is 47.4 Å². The van der Waals surface area contributed by atoms with Crippen LogP contribution in [0.25, 0.3) is 10.8 Å². The average molecular weight is 349 g/mol. The number of benzene rings is 3. The minimum atomic E-state index is -0.840. The number of aryl methyl sites for hydroxylation is 1. The Hall–Kier alpha value is -3.34. The third-order valence-electron chi connectivity index (χ3n) is 4.21. The van der Waals surface area contributed by atoms with E-state index in [1.165, 1.54) is 0 Å². The van der Waals surface area contributed by atoms with E-state index in [0.717, 1.165) is 16.3 Å². The number of phenols is 1. The molecule has 0 fully saturated rings. The van der Waals surface area contributed by atoms with Crippen molar-refractivity contribution in [1.29, 1.82) is 0 Å². The molecule has 0 atom stereocenters. The third kappa shape index (κ3) is 4.00. The van der Waals surface area contributed by atoms with Crippen molar-refractivity contribution >= 4 is 28.3 Å². The number of aromatic hydroxyl groups is 1. The van der Waals surface area contributed by atoms with Gasteiger partial charge in [0.2, 0.25) is 0 Å². The number of carboxylic acids is 1. The second kappa shape index (κ2) is 7.70. The number of fused-ring (bicyclic) bond motifs is 1. The molecule has 0 saturated heterocycles. The number of carboxylic acid groups (broad SMARTS) is 1. The van der Waals surface area contributed by atoms with Gasteiger partial charge >= 0.3 is 5.97 Å². The number of carbonyl (C=O) groups excluding carboxylic acids is 1. The van der Waals surface area contributed by atoms with Gasteiger partial charge in [0.1, 0.15) is 5.75 Å². The van der Waals surface area contributed by atoms with Crippen LogP contribution >= 0.6 is 0 Å². The molecule has 1 amide bonds. The maximum Gasteiger partial charge on any atom is 0.303 e. The summed E-state index contributed by atoms with van der Waals surface area (Å²) in [6.45, 7) is 0. The molecule has 0 spiro atoms. The Kier molecular flexibility index (Phi) is 5.17. The molecule has 5 heteroatoms. The van der Waals surface area contributed by atoms with Crippen molar-refractivity contribution < 1.29 is 19.8 Å². The van der Waals surface area contributed by atoms with Crippen molar-refractivity contribution in [3.63, 3.8) is 0 Å². The minimum absolute atomic E-state index is 0.0771. The minimum Gasteiger partial charge on any atom is -0.507 e. The number of para-hydroxylation sites is 1. The lowest BCUT2D eigenvalue weighted by Crippen LogP contribution is -2.13. The van der Waals surface area contributed by atoms with Crippen molar-refractivity contribution in [2.75, 3.05) is 5.32 Å². The molecule has 0 radical (unpaired) electrons. The van der Waals surface area contributed by atoms with Gasteiger partial charge in [-0.25, -0.2) is 0 Å². The predicted molar refractivity (Wildman–Crippen MR) is 101 cm³/mol. The van der Waals surface area contributed by atoms with Gasteiger partial charge in [-0.1, -0.05) is 42.5 Å². The fourth-order valence-electron chi connectivity index (χ4n) is 2.89. The highest BCUT2D eigenvalue weighted by Crippen LogP contribution is 2.26. The molecule has 0 aliphatic carbocycles. The highest BCUT2D eigenvalue weighted by molar-refractivity contribution is 6.08. The number of rotatable bonds is 6. The second-order valence-corrected chi connectivity index (χ2v) is 6.08. The summed E-state index contributed by atoms with van der Waals surface area (Å²) in [5.74, 6) is -1.32. The van der Waals surface area contributed by atoms with Crippen molar-refractivity contribution in [2.45, 2.75) is 19.3 Å². The molecule has 0 aliphatic rings. The first-order chi connectivity index (χ1) is 12.5. The summed E-state index contributed by atoms with van der Waals surface area (Å²) in [5.41, 5.74) is 1.68. The number of hydrogen-bond donors (Lipinski definition) is 3. The SMILES string of the molecule is O=C(O)CCCc1ccccc1NC(=O)c1cc2ccccc2cc1O. The van der Waals surface area contributed by atoms with Gasteiger partial charge in [0, 0.05) is 12.1 Å². The van der Waals surface area contributed by atoms with E-state index in [1.807, 2.05) is 36.4 Å². The number of phenolic OH excluding ortho intramolecular Hbond substituents is 1. The molecule has 3 N–H and O–H groups in total. The Balaban J connectivity index is 1.82. The molecule has 3 rings (SSSR count). The molecule has 0 heterocycles. The summed E-state index contributed by atoms with van der Waals surface area (Å²) in [6, 6.07) is 18.0. The zero-order valence-electron chi connectivity index (χ0n) is 14.1. The van der Waals surface area contributed by atoms with Crippen molar-refractivity contribution in [3.05, 3.63) is 71.8 Å². The van der Waals surface area contributed by atoms with Crippen molar-refractivity contribution in [2.24, 2.45) is 0 Å². The number of amides is 1. The Morgan fingerprint density at radius 1 is 0.923 bits per heavy atom. The van der Waals surface area contributed by atoms with E-state index in [1.54, 1.807) is 24.3 Å². The molecule has 0 aromatic heterocycles. The summed E-state index contributed by atoms with van der Waals surface area (Å²) in [4.78, 5) is 23.3. The van der Waals surface area contributed by atoms with Gasteiger partial charge in [0.05, 0.1) is 5.56 Å². The number of carbonyl (C=O) groups is 2. The Bertz CT molecular complexity index is 965. The monoisotopic (exact) mass is 349 g/mol. The first kappa shape index (κ1) is 17.5. The van der Waals surface area contributed by atoms with E-state index in [-0.39, 0.29) is 17.7 Å². The van der Waals surface area contributed by atoms with Crippen LogP contribution in [-0.2, 0) is 11.2 Å². The largest absolute Gasteiger partial charge is 0.507 e. The van der Waals surface area contributed by atoms with Gasteiger partial charge in [-0.2, -0.15) is 0 Å². The normalized spacial score (nSPS) is 10.6. The topological polar surface area (TPSA) is 86.6 Å². The van der Waals surface area contributed by atoms with Crippen LogP contribution in [0.2, 0.25) is 0 Å². The van der Waals surface area contributed by atoms with E-state index < -0.39 is 11.9 Å². The van der Waals surface area contributed by atoms with Crippen molar-refractivity contribution in [1.82, 2.24) is 0 Å². The maximum absolute atomic E-state index is 12.6. The first-order valence-electron chi connectivity index (χ1n) is 8.37.